The van der Waals surface area contributed by atoms with Gasteiger partial charge >= 0.3 is 5.97 Å². The first-order valence-electron chi connectivity index (χ1n) is 9.27. The number of hydrogen-bond donors (Lipinski definition) is 2. The van der Waals surface area contributed by atoms with E-state index in [1.54, 1.807) is 22.8 Å². The maximum absolute atomic E-state index is 13.1. The van der Waals surface area contributed by atoms with Crippen molar-refractivity contribution in [1.29, 1.82) is 0 Å². The molecule has 6 nitrogen and oxygen atoms in total. The van der Waals surface area contributed by atoms with Crippen LogP contribution in [0.15, 0.2) is 35.1 Å². The molecule has 1 unspecified atom stereocenters. The number of carbonyl (C=O) groups excluding carboxylic acids is 1. The number of ether oxygens (including phenoxy) is 1. The third-order valence-electron chi connectivity index (χ3n) is 5.97. The summed E-state index contributed by atoms with van der Waals surface area (Å²) in [5.41, 5.74) is 2.28. The summed E-state index contributed by atoms with van der Waals surface area (Å²) >= 11 is 0. The van der Waals surface area contributed by atoms with Crippen LogP contribution in [0.1, 0.15) is 36.1 Å². The van der Waals surface area contributed by atoms with E-state index in [2.05, 4.69) is 0 Å². The number of phenols is 1. The minimum Gasteiger partial charge on any atom is -0.508 e. The highest BCUT2D eigenvalue weighted by molar-refractivity contribution is 5.94. The molecule has 0 fully saturated rings. The van der Waals surface area contributed by atoms with Gasteiger partial charge in [0.25, 0.3) is 5.56 Å². The summed E-state index contributed by atoms with van der Waals surface area (Å²) in [5, 5.41) is 22.5. The molecule has 28 heavy (non-hydrogen) atoms. The van der Waals surface area contributed by atoms with Crippen LogP contribution < -0.4 is 5.56 Å². The topological polar surface area (TPSA) is 88.8 Å². The van der Waals surface area contributed by atoms with Crippen LogP contribution in [-0.2, 0) is 34.7 Å². The number of fused-ring (bicyclic) bond motifs is 5. The fourth-order valence-electron chi connectivity index (χ4n) is 4.50. The van der Waals surface area contributed by atoms with E-state index in [-0.39, 0.29) is 17.9 Å². The SMILES string of the molecule is CCc1c2c(cc3ccc(O)cc13)-c1cc3c(c(=O)n1C2)COC(=O)C3(C)O. The molecule has 0 amide bonds. The fourth-order valence-corrected chi connectivity index (χ4v) is 4.50. The molecule has 0 spiro atoms. The predicted molar refractivity (Wildman–Crippen MR) is 103 cm³/mol. The number of benzene rings is 2. The normalized spacial score (nSPS) is 19.9. The molecule has 3 aromatic rings. The minimum atomic E-state index is -1.85. The highest BCUT2D eigenvalue weighted by Gasteiger charge is 2.42. The Balaban J connectivity index is 1.84. The highest BCUT2D eigenvalue weighted by Crippen LogP contribution is 2.41. The average Bonchev–Trinajstić information content (AvgIpc) is 3.02. The van der Waals surface area contributed by atoms with Crippen LogP contribution in [0.25, 0.3) is 22.0 Å². The average molecular weight is 377 g/mol. The largest absolute Gasteiger partial charge is 0.508 e. The number of phenolic OH excluding ortho intramolecular Hbond substituents is 1. The van der Waals surface area contributed by atoms with Gasteiger partial charge in [0.1, 0.15) is 12.4 Å². The van der Waals surface area contributed by atoms with Gasteiger partial charge < -0.3 is 19.5 Å². The number of aliphatic hydroxyl groups is 1. The lowest BCUT2D eigenvalue weighted by molar-refractivity contribution is -0.169. The van der Waals surface area contributed by atoms with E-state index in [1.807, 2.05) is 19.1 Å². The van der Waals surface area contributed by atoms with Gasteiger partial charge in [0, 0.05) is 11.1 Å². The molecule has 0 aliphatic carbocycles. The van der Waals surface area contributed by atoms with Crippen molar-refractivity contribution in [2.24, 2.45) is 0 Å². The Morgan fingerprint density at radius 2 is 1.96 bits per heavy atom. The van der Waals surface area contributed by atoms with E-state index in [9.17, 15) is 19.8 Å². The number of aryl methyl sites for hydroxylation is 1. The summed E-state index contributed by atoms with van der Waals surface area (Å²) in [6, 6.07) is 9.00. The molecule has 6 heteroatoms. The molecule has 0 radical (unpaired) electrons. The van der Waals surface area contributed by atoms with E-state index in [1.165, 1.54) is 6.92 Å². The number of cyclic esters (lactones) is 1. The van der Waals surface area contributed by atoms with Crippen molar-refractivity contribution in [1.82, 2.24) is 4.57 Å². The van der Waals surface area contributed by atoms with E-state index in [0.29, 0.717) is 23.4 Å². The van der Waals surface area contributed by atoms with Crippen LogP contribution in [0.2, 0.25) is 0 Å². The zero-order chi connectivity index (χ0) is 19.8. The predicted octanol–water partition coefficient (Wildman–Crippen LogP) is 2.56. The van der Waals surface area contributed by atoms with E-state index >= 15 is 0 Å². The van der Waals surface area contributed by atoms with Gasteiger partial charge in [0.2, 0.25) is 0 Å². The van der Waals surface area contributed by atoms with E-state index < -0.39 is 11.6 Å². The maximum atomic E-state index is 13.1. The summed E-state index contributed by atoms with van der Waals surface area (Å²) in [7, 11) is 0. The maximum Gasteiger partial charge on any atom is 0.342 e. The Morgan fingerprint density at radius 1 is 1.18 bits per heavy atom. The molecular weight excluding hydrogens is 358 g/mol. The zero-order valence-corrected chi connectivity index (χ0v) is 15.6. The van der Waals surface area contributed by atoms with Crippen LogP contribution in [0, 0.1) is 0 Å². The Kier molecular flexibility index (Phi) is 3.31. The first-order chi connectivity index (χ1) is 13.3. The number of pyridine rings is 1. The second-order valence-electron chi connectivity index (χ2n) is 7.60. The first-order valence-corrected chi connectivity index (χ1v) is 9.27. The van der Waals surface area contributed by atoms with Crippen LogP contribution >= 0.6 is 0 Å². The van der Waals surface area contributed by atoms with Crippen molar-refractivity contribution >= 4 is 16.7 Å². The molecule has 2 N–H and O–H groups in total. The van der Waals surface area contributed by atoms with Gasteiger partial charge in [-0.3, -0.25) is 4.79 Å². The van der Waals surface area contributed by atoms with E-state index in [0.717, 1.165) is 33.9 Å². The lowest BCUT2D eigenvalue weighted by atomic mass is 9.88. The van der Waals surface area contributed by atoms with Gasteiger partial charge in [-0.05, 0) is 59.5 Å². The van der Waals surface area contributed by atoms with Gasteiger partial charge in [-0.15, -0.1) is 0 Å². The standard InChI is InChI=1S/C22H19NO5/c1-3-13-14-7-12(24)5-4-11(14)6-15-16(13)9-23-19(15)8-18-17(20(23)25)10-28-21(26)22(18,2)27/h4-8,24,27H,3,9-10H2,1-2H3. The molecule has 142 valence electrons. The van der Waals surface area contributed by atoms with Crippen molar-refractivity contribution in [2.75, 3.05) is 0 Å². The number of nitrogens with zero attached hydrogens (tertiary/aromatic N) is 1. The van der Waals surface area contributed by atoms with Gasteiger partial charge in [0.15, 0.2) is 5.60 Å². The number of aromatic nitrogens is 1. The second kappa shape index (κ2) is 5.45. The number of aromatic hydroxyl groups is 1. The minimum absolute atomic E-state index is 0.129. The molecule has 2 aliphatic rings. The van der Waals surface area contributed by atoms with Crippen molar-refractivity contribution in [3.63, 3.8) is 0 Å². The molecule has 2 aliphatic heterocycles. The lowest BCUT2D eigenvalue weighted by Crippen LogP contribution is -2.42. The summed E-state index contributed by atoms with van der Waals surface area (Å²) in [5.74, 6) is -0.539. The molecule has 3 heterocycles. The van der Waals surface area contributed by atoms with Crippen molar-refractivity contribution in [3.05, 3.63) is 62.9 Å². The molecule has 2 aromatic carbocycles. The molecule has 0 saturated carbocycles. The number of esters is 1. The van der Waals surface area contributed by atoms with E-state index in [4.69, 9.17) is 4.74 Å². The van der Waals surface area contributed by atoms with Crippen LogP contribution in [0.3, 0.4) is 0 Å². The smallest absolute Gasteiger partial charge is 0.342 e. The monoisotopic (exact) mass is 377 g/mol. The van der Waals surface area contributed by atoms with Crippen molar-refractivity contribution in [3.8, 4) is 17.0 Å². The Hall–Kier alpha value is -3.12. The van der Waals surface area contributed by atoms with Crippen molar-refractivity contribution < 1.29 is 19.7 Å². The summed E-state index contributed by atoms with van der Waals surface area (Å²) < 4.78 is 6.71. The quantitative estimate of drug-likeness (QED) is 0.498. The molecular formula is C22H19NO5. The summed E-state index contributed by atoms with van der Waals surface area (Å²) in [4.78, 5) is 25.2. The molecule has 5 rings (SSSR count). The molecule has 1 aromatic heterocycles. The molecule has 0 bridgehead atoms. The lowest BCUT2D eigenvalue weighted by Gasteiger charge is -2.29. The Labute approximate surface area is 160 Å². The Bertz CT molecular complexity index is 1250. The van der Waals surface area contributed by atoms with Crippen LogP contribution in [0.5, 0.6) is 5.75 Å². The van der Waals surface area contributed by atoms with Gasteiger partial charge in [-0.1, -0.05) is 13.0 Å². The van der Waals surface area contributed by atoms with Gasteiger partial charge in [-0.2, -0.15) is 0 Å². The first kappa shape index (κ1) is 17.0. The third kappa shape index (κ3) is 2.06. The number of carbonyl (C=O) groups is 1. The van der Waals surface area contributed by atoms with Crippen LogP contribution in [0.4, 0.5) is 0 Å². The van der Waals surface area contributed by atoms with Crippen LogP contribution in [-0.4, -0.2) is 20.7 Å². The number of hydrogen-bond acceptors (Lipinski definition) is 5. The Morgan fingerprint density at radius 3 is 2.71 bits per heavy atom. The van der Waals surface area contributed by atoms with Gasteiger partial charge in [-0.25, -0.2) is 4.79 Å². The summed E-state index contributed by atoms with van der Waals surface area (Å²) in [6.07, 6.45) is 0.755. The number of rotatable bonds is 1. The third-order valence-corrected chi connectivity index (χ3v) is 5.97. The fraction of sp³-hybridized carbons (Fsp3) is 0.273. The molecule has 1 atom stereocenters. The highest BCUT2D eigenvalue weighted by atomic mass is 16.6. The second-order valence-corrected chi connectivity index (χ2v) is 7.60. The zero-order valence-electron chi connectivity index (χ0n) is 15.6. The van der Waals surface area contributed by atoms with Crippen molar-refractivity contribution in [2.45, 2.75) is 39.0 Å². The van der Waals surface area contributed by atoms with Gasteiger partial charge in [0.05, 0.1) is 17.8 Å². The molecule has 0 saturated heterocycles. The summed E-state index contributed by atoms with van der Waals surface area (Å²) in [6.45, 7) is 3.70.